The first-order chi connectivity index (χ1) is 12.7. The van der Waals surface area contributed by atoms with Crippen molar-refractivity contribution in [2.24, 2.45) is 0 Å². The summed E-state index contributed by atoms with van der Waals surface area (Å²) in [5.41, 5.74) is 1.71. The third kappa shape index (κ3) is 5.55. The third-order valence-electron chi connectivity index (χ3n) is 3.94. The minimum absolute atomic E-state index is 0.124. The number of ether oxygens (including phenoxy) is 2. The summed E-state index contributed by atoms with van der Waals surface area (Å²) in [6, 6.07) is 15.3. The highest BCUT2D eigenvalue weighted by atomic mass is 16.5. The Balaban J connectivity index is 1.83. The molecule has 1 amide bonds. The second-order valence-corrected chi connectivity index (χ2v) is 5.83. The molecule has 26 heavy (non-hydrogen) atoms. The number of carbonyl (C=O) groups excluding carboxylic acids is 1. The average molecular weight is 354 g/mol. The Kier molecular flexibility index (Phi) is 7.55. The van der Waals surface area contributed by atoms with E-state index in [9.17, 15) is 4.79 Å². The van der Waals surface area contributed by atoms with E-state index in [0.717, 1.165) is 13.0 Å². The molecule has 5 heteroatoms. The topological polar surface area (TPSA) is 50.8 Å². The molecule has 0 aliphatic heterocycles. The van der Waals surface area contributed by atoms with Crippen LogP contribution in [0, 0.1) is 0 Å². The smallest absolute Gasteiger partial charge is 0.251 e. The van der Waals surface area contributed by atoms with Crippen molar-refractivity contribution in [3.63, 3.8) is 0 Å². The summed E-state index contributed by atoms with van der Waals surface area (Å²) >= 11 is 0. The van der Waals surface area contributed by atoms with E-state index in [2.05, 4.69) is 28.9 Å². The second-order valence-electron chi connectivity index (χ2n) is 5.83. The van der Waals surface area contributed by atoms with E-state index >= 15 is 0 Å². The average Bonchev–Trinajstić information content (AvgIpc) is 2.69. The van der Waals surface area contributed by atoms with E-state index in [-0.39, 0.29) is 5.91 Å². The molecule has 0 spiro atoms. The molecule has 0 heterocycles. The molecule has 0 saturated carbocycles. The quantitative estimate of drug-likeness (QED) is 0.524. The molecule has 1 N–H and O–H groups in total. The van der Waals surface area contributed by atoms with Gasteiger partial charge in [-0.15, -0.1) is 0 Å². The Morgan fingerprint density at radius 1 is 1.19 bits per heavy atom. The van der Waals surface area contributed by atoms with Crippen molar-refractivity contribution in [3.8, 4) is 11.5 Å². The van der Waals surface area contributed by atoms with Crippen LogP contribution in [-0.2, 0) is 0 Å². The van der Waals surface area contributed by atoms with Gasteiger partial charge in [0, 0.05) is 31.4 Å². The number of rotatable bonds is 10. The summed E-state index contributed by atoms with van der Waals surface area (Å²) in [6.07, 6.45) is 2.52. The van der Waals surface area contributed by atoms with Crippen LogP contribution in [-0.4, -0.2) is 39.8 Å². The molecule has 0 aliphatic rings. The number of benzene rings is 2. The Bertz CT molecular complexity index is 716. The molecule has 2 rings (SSSR count). The van der Waals surface area contributed by atoms with Crippen molar-refractivity contribution >= 4 is 11.6 Å². The number of anilines is 1. The van der Waals surface area contributed by atoms with Crippen LogP contribution in [0.4, 0.5) is 5.69 Å². The molecule has 5 nitrogen and oxygen atoms in total. The van der Waals surface area contributed by atoms with Crippen LogP contribution in [0.25, 0.3) is 0 Å². The van der Waals surface area contributed by atoms with Crippen molar-refractivity contribution in [3.05, 3.63) is 66.7 Å². The lowest BCUT2D eigenvalue weighted by molar-refractivity contribution is 0.0953. The number of amides is 1. The Labute approximate surface area is 155 Å². The molecule has 0 atom stereocenters. The van der Waals surface area contributed by atoms with Crippen molar-refractivity contribution in [1.29, 1.82) is 0 Å². The SMILES string of the molecule is C=CCOc1ccc(C(=O)NCCCN(C)c2ccccc2)cc1OC. The van der Waals surface area contributed by atoms with Gasteiger partial charge >= 0.3 is 0 Å². The van der Waals surface area contributed by atoms with Crippen LogP contribution in [0.1, 0.15) is 16.8 Å². The van der Waals surface area contributed by atoms with Crippen molar-refractivity contribution < 1.29 is 14.3 Å². The summed E-state index contributed by atoms with van der Waals surface area (Å²) in [6.45, 7) is 5.47. The maximum Gasteiger partial charge on any atom is 0.251 e. The molecule has 0 aromatic heterocycles. The first-order valence-electron chi connectivity index (χ1n) is 8.62. The molecule has 0 saturated heterocycles. The molecule has 0 fully saturated rings. The Morgan fingerprint density at radius 3 is 2.65 bits per heavy atom. The van der Waals surface area contributed by atoms with Gasteiger partial charge in [0.1, 0.15) is 6.61 Å². The first-order valence-corrected chi connectivity index (χ1v) is 8.62. The van der Waals surface area contributed by atoms with E-state index in [4.69, 9.17) is 9.47 Å². The van der Waals surface area contributed by atoms with Crippen LogP contribution in [0.2, 0.25) is 0 Å². The molecule has 0 unspecified atom stereocenters. The van der Waals surface area contributed by atoms with Crippen molar-refractivity contribution in [2.45, 2.75) is 6.42 Å². The van der Waals surface area contributed by atoms with Gasteiger partial charge in [0.25, 0.3) is 5.91 Å². The van der Waals surface area contributed by atoms with Gasteiger partial charge < -0.3 is 19.7 Å². The zero-order valence-electron chi connectivity index (χ0n) is 15.4. The molecule has 2 aromatic rings. The summed E-state index contributed by atoms with van der Waals surface area (Å²) < 4.78 is 10.8. The maximum absolute atomic E-state index is 12.3. The minimum Gasteiger partial charge on any atom is -0.493 e. The molecule has 138 valence electrons. The van der Waals surface area contributed by atoms with Crippen LogP contribution < -0.4 is 19.7 Å². The van der Waals surface area contributed by atoms with Gasteiger partial charge in [0.2, 0.25) is 0 Å². The standard InChI is InChI=1S/C21H26N2O3/c1-4-15-26-19-12-11-17(16-20(19)25-3)21(24)22-13-8-14-23(2)18-9-6-5-7-10-18/h4-7,9-12,16H,1,8,13-15H2,2-3H3,(H,22,24). The van der Waals surface area contributed by atoms with Crippen molar-refractivity contribution in [2.75, 3.05) is 38.8 Å². The van der Waals surface area contributed by atoms with Gasteiger partial charge in [0.15, 0.2) is 11.5 Å². The minimum atomic E-state index is -0.124. The van der Waals surface area contributed by atoms with Crippen LogP contribution in [0.15, 0.2) is 61.2 Å². The molecule has 0 bridgehead atoms. The van der Waals surface area contributed by atoms with Gasteiger partial charge in [-0.05, 0) is 36.8 Å². The van der Waals surface area contributed by atoms with Gasteiger partial charge in [-0.25, -0.2) is 0 Å². The van der Waals surface area contributed by atoms with Gasteiger partial charge in [-0.1, -0.05) is 30.9 Å². The zero-order valence-corrected chi connectivity index (χ0v) is 15.4. The zero-order chi connectivity index (χ0) is 18.8. The highest BCUT2D eigenvalue weighted by molar-refractivity contribution is 5.94. The first kappa shape index (κ1) is 19.4. The molecule has 0 radical (unpaired) electrons. The fourth-order valence-electron chi connectivity index (χ4n) is 2.51. The lowest BCUT2D eigenvalue weighted by Gasteiger charge is -2.19. The number of para-hydroxylation sites is 1. The fraction of sp³-hybridized carbons (Fsp3) is 0.286. The highest BCUT2D eigenvalue weighted by Gasteiger charge is 2.11. The summed E-state index contributed by atoms with van der Waals surface area (Å²) in [4.78, 5) is 14.5. The Hall–Kier alpha value is -2.95. The fourth-order valence-corrected chi connectivity index (χ4v) is 2.51. The third-order valence-corrected chi connectivity index (χ3v) is 3.94. The summed E-state index contributed by atoms with van der Waals surface area (Å²) in [7, 11) is 3.60. The molecule has 2 aromatic carbocycles. The van der Waals surface area contributed by atoms with Crippen LogP contribution in [0.5, 0.6) is 11.5 Å². The number of nitrogens with one attached hydrogen (secondary N) is 1. The normalized spacial score (nSPS) is 10.1. The maximum atomic E-state index is 12.3. The number of carbonyl (C=O) groups is 1. The summed E-state index contributed by atoms with van der Waals surface area (Å²) in [5, 5.41) is 2.94. The van der Waals surface area contributed by atoms with Crippen molar-refractivity contribution in [1.82, 2.24) is 5.32 Å². The number of methoxy groups -OCH3 is 1. The Morgan fingerprint density at radius 2 is 1.96 bits per heavy atom. The van der Waals surface area contributed by atoms with Gasteiger partial charge in [-0.3, -0.25) is 4.79 Å². The van der Waals surface area contributed by atoms with E-state index in [1.54, 1.807) is 31.4 Å². The van der Waals surface area contributed by atoms with E-state index in [1.807, 2.05) is 25.2 Å². The monoisotopic (exact) mass is 354 g/mol. The predicted molar refractivity (Wildman–Crippen MR) is 105 cm³/mol. The second kappa shape index (κ2) is 10.1. The van der Waals surface area contributed by atoms with E-state index < -0.39 is 0 Å². The largest absolute Gasteiger partial charge is 0.493 e. The van der Waals surface area contributed by atoms with Gasteiger partial charge in [-0.2, -0.15) is 0 Å². The number of nitrogens with zero attached hydrogens (tertiary/aromatic N) is 1. The predicted octanol–water partition coefficient (Wildman–Crippen LogP) is 3.52. The molecular formula is C21H26N2O3. The van der Waals surface area contributed by atoms with E-state index in [0.29, 0.717) is 30.2 Å². The van der Waals surface area contributed by atoms with Gasteiger partial charge in [0.05, 0.1) is 7.11 Å². The number of hydrogen-bond donors (Lipinski definition) is 1. The van der Waals surface area contributed by atoms with Crippen LogP contribution in [0.3, 0.4) is 0 Å². The lowest BCUT2D eigenvalue weighted by Crippen LogP contribution is -2.28. The molecule has 0 aliphatic carbocycles. The van der Waals surface area contributed by atoms with Crippen LogP contribution >= 0.6 is 0 Å². The molecular weight excluding hydrogens is 328 g/mol. The lowest BCUT2D eigenvalue weighted by atomic mass is 10.2. The number of hydrogen-bond acceptors (Lipinski definition) is 4. The van der Waals surface area contributed by atoms with E-state index in [1.165, 1.54) is 5.69 Å². The highest BCUT2D eigenvalue weighted by Crippen LogP contribution is 2.28. The summed E-state index contributed by atoms with van der Waals surface area (Å²) in [5.74, 6) is 0.998.